The summed E-state index contributed by atoms with van der Waals surface area (Å²) in [5, 5.41) is 10.2. The number of urea groups is 1. The van der Waals surface area contributed by atoms with E-state index < -0.39 is 12.1 Å². The molecule has 11 heteroatoms. The molecule has 0 heterocycles. The van der Waals surface area contributed by atoms with Gasteiger partial charge in [0, 0.05) is 19.5 Å². The minimum absolute atomic E-state index is 0.0435. The normalized spacial score (nSPS) is 10.4. The monoisotopic (exact) mass is 479 g/mol. The fourth-order valence-corrected chi connectivity index (χ4v) is 2.13. The molecule has 0 saturated heterocycles. The van der Waals surface area contributed by atoms with Crippen LogP contribution in [0.15, 0.2) is 0 Å². The molecule has 0 aromatic carbocycles. The van der Waals surface area contributed by atoms with Gasteiger partial charge >= 0.3 is 6.03 Å². The summed E-state index contributed by atoms with van der Waals surface area (Å²) in [5.74, 6) is -1.15. The SMILES string of the molecule is CC.CC(=O)CNC(=O)C(NC(=O)CCCCNC(=O)CCl)C(C)C.CCCNC(N)=O. The fraction of sp³-hybridized carbons (Fsp3) is 0.762. The van der Waals surface area contributed by atoms with E-state index in [1.54, 1.807) is 0 Å². The summed E-state index contributed by atoms with van der Waals surface area (Å²) in [5.41, 5.74) is 4.73. The minimum Gasteiger partial charge on any atom is -0.355 e. The van der Waals surface area contributed by atoms with Crippen LogP contribution in [0.1, 0.15) is 67.2 Å². The molecule has 0 aliphatic carbocycles. The molecule has 32 heavy (non-hydrogen) atoms. The fourth-order valence-electron chi connectivity index (χ4n) is 2.04. The third-order valence-electron chi connectivity index (χ3n) is 3.60. The second-order valence-corrected chi connectivity index (χ2v) is 7.21. The van der Waals surface area contributed by atoms with Gasteiger partial charge in [-0.2, -0.15) is 0 Å². The predicted octanol–water partition coefficient (Wildman–Crippen LogP) is 1.45. The molecule has 10 nitrogen and oxygen atoms in total. The van der Waals surface area contributed by atoms with Crippen LogP contribution in [0.4, 0.5) is 4.79 Å². The van der Waals surface area contributed by atoms with Crippen molar-refractivity contribution < 1.29 is 24.0 Å². The van der Waals surface area contributed by atoms with Crippen LogP contribution in [0.5, 0.6) is 0 Å². The van der Waals surface area contributed by atoms with Crippen LogP contribution >= 0.6 is 11.6 Å². The zero-order valence-corrected chi connectivity index (χ0v) is 21.1. The van der Waals surface area contributed by atoms with Gasteiger partial charge in [0.15, 0.2) is 0 Å². The van der Waals surface area contributed by atoms with Crippen molar-refractivity contribution in [1.29, 1.82) is 0 Å². The lowest BCUT2D eigenvalue weighted by Crippen LogP contribution is -2.50. The number of rotatable bonds is 13. The molecule has 0 radical (unpaired) electrons. The Labute approximate surface area is 197 Å². The Kier molecular flexibility index (Phi) is 25.0. The van der Waals surface area contributed by atoms with E-state index in [1.807, 2.05) is 34.6 Å². The highest BCUT2D eigenvalue weighted by molar-refractivity contribution is 6.27. The molecule has 0 rings (SSSR count). The lowest BCUT2D eigenvalue weighted by molar-refractivity contribution is -0.131. The zero-order chi connectivity index (χ0) is 25.5. The number of Topliss-reactive ketones (excluding diaryl/α,β-unsaturated/α-hetero) is 1. The average Bonchev–Trinajstić information content (AvgIpc) is 2.75. The summed E-state index contributed by atoms with van der Waals surface area (Å²) in [6.07, 6.45) is 2.44. The summed E-state index contributed by atoms with van der Waals surface area (Å²) in [4.78, 5) is 55.5. The molecular formula is C21H42ClN5O5. The molecule has 0 aliphatic heterocycles. The first-order valence-corrected chi connectivity index (χ1v) is 11.5. The Hall–Kier alpha value is -2.36. The zero-order valence-electron chi connectivity index (χ0n) is 20.3. The number of primary amides is 1. The van der Waals surface area contributed by atoms with Gasteiger partial charge in [-0.15, -0.1) is 11.6 Å². The van der Waals surface area contributed by atoms with Crippen LogP contribution in [0.3, 0.4) is 0 Å². The summed E-state index contributed by atoms with van der Waals surface area (Å²) < 4.78 is 0. The lowest BCUT2D eigenvalue weighted by atomic mass is 10.0. The maximum Gasteiger partial charge on any atom is 0.312 e. The number of hydrogen-bond acceptors (Lipinski definition) is 5. The van der Waals surface area contributed by atoms with E-state index in [-0.39, 0.29) is 48.3 Å². The number of carbonyl (C=O) groups excluding carboxylic acids is 5. The van der Waals surface area contributed by atoms with Gasteiger partial charge in [0.2, 0.25) is 17.7 Å². The number of nitrogens with two attached hydrogens (primary N) is 1. The Balaban J connectivity index is -0.000000788. The first-order chi connectivity index (χ1) is 15.0. The standard InChI is InChI=1S/C15H26ClN3O4.C4H10N2O.C2H6/c1-10(2)14(15(23)18-9-11(3)20)19-12(21)6-4-5-7-17-13(22)8-16;1-2-3-6-4(5)7;1-2/h10,14H,4-9H2,1-3H3,(H,17,22)(H,18,23)(H,19,21);2-3H2,1H3,(H3,5,6,7);1-2H3. The summed E-state index contributed by atoms with van der Waals surface area (Å²) in [7, 11) is 0. The molecule has 0 aromatic rings. The first kappa shape index (κ1) is 34.3. The van der Waals surface area contributed by atoms with Gasteiger partial charge in [-0.1, -0.05) is 34.6 Å². The molecule has 0 bridgehead atoms. The number of halogens is 1. The van der Waals surface area contributed by atoms with E-state index in [2.05, 4.69) is 21.3 Å². The molecule has 5 amide bonds. The van der Waals surface area contributed by atoms with Gasteiger partial charge in [-0.3, -0.25) is 19.2 Å². The Morgan fingerprint density at radius 2 is 1.50 bits per heavy atom. The van der Waals surface area contributed by atoms with E-state index in [0.29, 0.717) is 25.9 Å². The number of nitrogens with one attached hydrogen (secondary N) is 4. The maximum absolute atomic E-state index is 12.0. The predicted molar refractivity (Wildman–Crippen MR) is 127 cm³/mol. The van der Waals surface area contributed by atoms with Crippen molar-refractivity contribution in [3.63, 3.8) is 0 Å². The highest BCUT2D eigenvalue weighted by Crippen LogP contribution is 2.03. The molecule has 0 fully saturated rings. The van der Waals surface area contributed by atoms with Crippen molar-refractivity contribution >= 4 is 41.1 Å². The van der Waals surface area contributed by atoms with Gasteiger partial charge in [0.25, 0.3) is 0 Å². The Morgan fingerprint density at radius 3 is 1.91 bits per heavy atom. The minimum atomic E-state index is -0.669. The van der Waals surface area contributed by atoms with Crippen LogP contribution in [-0.4, -0.2) is 61.1 Å². The highest BCUT2D eigenvalue weighted by atomic mass is 35.5. The first-order valence-electron chi connectivity index (χ1n) is 11.0. The topological polar surface area (TPSA) is 159 Å². The summed E-state index contributed by atoms with van der Waals surface area (Å²) in [6, 6.07) is -1.11. The average molecular weight is 480 g/mol. The number of unbranched alkanes of at least 4 members (excludes halogenated alkanes) is 1. The van der Waals surface area contributed by atoms with Gasteiger partial charge in [-0.05, 0) is 32.1 Å². The number of amides is 5. The Morgan fingerprint density at radius 1 is 0.906 bits per heavy atom. The molecular weight excluding hydrogens is 438 g/mol. The van der Waals surface area contributed by atoms with Crippen LogP contribution in [0.25, 0.3) is 0 Å². The molecule has 0 aromatic heterocycles. The van der Waals surface area contributed by atoms with Gasteiger partial charge in [0.1, 0.15) is 17.7 Å². The molecule has 1 atom stereocenters. The third-order valence-corrected chi connectivity index (χ3v) is 3.84. The summed E-state index contributed by atoms with van der Waals surface area (Å²) in [6.45, 7) is 12.1. The second-order valence-electron chi connectivity index (χ2n) is 6.94. The quantitative estimate of drug-likeness (QED) is 0.199. The van der Waals surface area contributed by atoms with Gasteiger partial charge in [0.05, 0.1) is 6.54 Å². The Bertz CT molecular complexity index is 559. The molecule has 0 aliphatic rings. The van der Waals surface area contributed by atoms with Crippen molar-refractivity contribution in [3.8, 4) is 0 Å². The number of hydrogen-bond donors (Lipinski definition) is 5. The molecule has 0 saturated carbocycles. The van der Waals surface area contributed by atoms with E-state index >= 15 is 0 Å². The van der Waals surface area contributed by atoms with Crippen molar-refractivity contribution in [2.24, 2.45) is 11.7 Å². The van der Waals surface area contributed by atoms with E-state index in [0.717, 1.165) is 6.42 Å². The van der Waals surface area contributed by atoms with E-state index in [4.69, 9.17) is 17.3 Å². The second kappa shape index (κ2) is 23.3. The lowest BCUT2D eigenvalue weighted by Gasteiger charge is -2.21. The van der Waals surface area contributed by atoms with Crippen molar-refractivity contribution in [1.82, 2.24) is 21.3 Å². The van der Waals surface area contributed by atoms with Crippen molar-refractivity contribution in [2.75, 3.05) is 25.5 Å². The molecule has 0 spiro atoms. The highest BCUT2D eigenvalue weighted by Gasteiger charge is 2.23. The summed E-state index contributed by atoms with van der Waals surface area (Å²) >= 11 is 5.34. The molecule has 6 N–H and O–H groups in total. The number of carbonyl (C=O) groups is 5. The van der Waals surface area contributed by atoms with Crippen molar-refractivity contribution in [3.05, 3.63) is 0 Å². The van der Waals surface area contributed by atoms with Crippen LogP contribution in [0.2, 0.25) is 0 Å². The van der Waals surface area contributed by atoms with Gasteiger partial charge < -0.3 is 27.0 Å². The van der Waals surface area contributed by atoms with Crippen LogP contribution < -0.4 is 27.0 Å². The largest absolute Gasteiger partial charge is 0.355 e. The smallest absolute Gasteiger partial charge is 0.312 e. The van der Waals surface area contributed by atoms with Crippen molar-refractivity contribution in [2.45, 2.75) is 73.3 Å². The van der Waals surface area contributed by atoms with E-state index in [1.165, 1.54) is 6.92 Å². The number of ketones is 1. The van der Waals surface area contributed by atoms with Gasteiger partial charge in [-0.25, -0.2) is 4.79 Å². The molecule has 188 valence electrons. The number of alkyl halides is 1. The van der Waals surface area contributed by atoms with Crippen LogP contribution in [-0.2, 0) is 19.2 Å². The third kappa shape index (κ3) is 23.9. The van der Waals surface area contributed by atoms with Crippen LogP contribution in [0, 0.1) is 5.92 Å². The molecule has 1 unspecified atom stereocenters. The van der Waals surface area contributed by atoms with E-state index in [9.17, 15) is 24.0 Å². The maximum atomic E-state index is 12.0.